The van der Waals surface area contributed by atoms with E-state index in [0.29, 0.717) is 11.1 Å². The van der Waals surface area contributed by atoms with E-state index in [1.165, 1.54) is 18.1 Å². The van der Waals surface area contributed by atoms with Gasteiger partial charge in [-0.2, -0.15) is 0 Å². The number of carbonyl (C=O) groups excluding carboxylic acids is 2. The number of hydrogen-bond donors (Lipinski definition) is 1. The van der Waals surface area contributed by atoms with Crippen LogP contribution in [0.1, 0.15) is 34.6 Å². The van der Waals surface area contributed by atoms with E-state index in [1.54, 1.807) is 24.3 Å². The van der Waals surface area contributed by atoms with Crippen molar-refractivity contribution in [1.82, 2.24) is 15.2 Å². The monoisotopic (exact) mass is 459 g/mol. The third kappa shape index (κ3) is 3.46. The molecule has 2 aliphatic rings. The van der Waals surface area contributed by atoms with Crippen molar-refractivity contribution < 1.29 is 23.1 Å². The highest BCUT2D eigenvalue weighted by atomic mass is 19.1. The van der Waals surface area contributed by atoms with Crippen molar-refractivity contribution in [3.05, 3.63) is 94.7 Å². The minimum absolute atomic E-state index is 0.168. The molecular formula is C26H19F2N3O3. The van der Waals surface area contributed by atoms with E-state index in [0.717, 1.165) is 12.1 Å². The van der Waals surface area contributed by atoms with E-state index in [4.69, 9.17) is 4.74 Å². The molecule has 1 unspecified atom stereocenters. The number of imide groups is 1. The molecule has 0 bridgehead atoms. The number of benzene rings is 2. The molecule has 2 atom stereocenters. The van der Waals surface area contributed by atoms with Crippen molar-refractivity contribution in [2.45, 2.75) is 17.9 Å². The van der Waals surface area contributed by atoms with Crippen LogP contribution in [0.5, 0.6) is 5.88 Å². The number of pyridine rings is 1. The highest BCUT2D eigenvalue weighted by Crippen LogP contribution is 2.52. The molecule has 0 saturated carbocycles. The summed E-state index contributed by atoms with van der Waals surface area (Å²) in [5.74, 6) is 2.68. The molecule has 5 rings (SSSR count). The fourth-order valence-electron chi connectivity index (χ4n) is 4.73. The number of rotatable bonds is 1. The third-order valence-corrected chi connectivity index (χ3v) is 6.33. The largest absolute Gasteiger partial charge is 0.477 e. The lowest BCUT2D eigenvalue weighted by molar-refractivity contribution is -0.126. The van der Waals surface area contributed by atoms with Gasteiger partial charge in [-0.3, -0.25) is 10.1 Å². The average Bonchev–Trinajstić information content (AvgIpc) is 2.83. The minimum Gasteiger partial charge on any atom is -0.477 e. The van der Waals surface area contributed by atoms with E-state index >= 15 is 8.78 Å². The van der Waals surface area contributed by atoms with E-state index in [-0.39, 0.29) is 30.0 Å². The molecule has 34 heavy (non-hydrogen) atoms. The summed E-state index contributed by atoms with van der Waals surface area (Å²) < 4.78 is 36.7. The molecule has 2 aliphatic heterocycles. The molecule has 0 aliphatic carbocycles. The molecule has 1 saturated heterocycles. The second kappa shape index (κ2) is 8.27. The lowest BCUT2D eigenvalue weighted by atomic mass is 9.69. The standard InChI is InChI=1S/C26H19F2N3O3/c1-31-25(33)30-22(32)14-26(31)18-8-5-11-29-24(18)34-15-19(26)23-20(27)12-17(13-21(23)28)10-9-16-6-3-2-4-7-16/h2-8,11-13,19H,14-15H2,1H3,(H,30,32,33)/t19?,26-/m1/s1. The average molecular weight is 459 g/mol. The molecule has 1 spiro atoms. The summed E-state index contributed by atoms with van der Waals surface area (Å²) >= 11 is 0. The zero-order valence-corrected chi connectivity index (χ0v) is 18.1. The summed E-state index contributed by atoms with van der Waals surface area (Å²) in [5, 5.41) is 2.26. The van der Waals surface area contributed by atoms with Gasteiger partial charge >= 0.3 is 6.03 Å². The number of ether oxygens (including phenoxy) is 1. The topological polar surface area (TPSA) is 71.5 Å². The second-order valence-electron chi connectivity index (χ2n) is 8.20. The number of amides is 3. The molecule has 3 amide bonds. The maximum Gasteiger partial charge on any atom is 0.324 e. The Labute approximate surface area is 194 Å². The predicted molar refractivity (Wildman–Crippen MR) is 119 cm³/mol. The first-order valence-corrected chi connectivity index (χ1v) is 10.6. The summed E-state index contributed by atoms with van der Waals surface area (Å²) in [5.41, 5.74) is -0.344. The lowest BCUT2D eigenvalue weighted by Gasteiger charge is -2.51. The van der Waals surface area contributed by atoms with Crippen molar-refractivity contribution in [1.29, 1.82) is 0 Å². The van der Waals surface area contributed by atoms with Crippen LogP contribution in [0.2, 0.25) is 0 Å². The predicted octanol–water partition coefficient (Wildman–Crippen LogP) is 3.70. The Morgan fingerprint density at radius 2 is 1.76 bits per heavy atom. The molecule has 170 valence electrons. The van der Waals surface area contributed by atoms with E-state index in [9.17, 15) is 9.59 Å². The summed E-state index contributed by atoms with van der Waals surface area (Å²) in [7, 11) is 1.49. The highest BCUT2D eigenvalue weighted by molar-refractivity contribution is 5.98. The molecule has 1 aromatic heterocycles. The number of aromatic nitrogens is 1. The summed E-state index contributed by atoms with van der Waals surface area (Å²) in [4.78, 5) is 30.6. The first-order valence-electron chi connectivity index (χ1n) is 10.6. The Morgan fingerprint density at radius 1 is 1.06 bits per heavy atom. The SMILES string of the molecule is CN1C(=O)NC(=O)C[C@]12c1cccnc1OCC2c1c(F)cc(C#Cc2ccccc2)cc1F. The zero-order valence-electron chi connectivity index (χ0n) is 18.1. The number of carbonyl (C=O) groups is 2. The van der Waals surface area contributed by atoms with Crippen LogP contribution in [-0.2, 0) is 10.3 Å². The Bertz CT molecular complexity index is 1340. The first kappa shape index (κ1) is 21.6. The molecule has 3 heterocycles. The summed E-state index contributed by atoms with van der Waals surface area (Å²) in [6, 6.07) is 14.0. The molecule has 2 aromatic carbocycles. The van der Waals surface area contributed by atoms with Gasteiger partial charge < -0.3 is 9.64 Å². The van der Waals surface area contributed by atoms with Gasteiger partial charge in [0.2, 0.25) is 11.8 Å². The van der Waals surface area contributed by atoms with Gasteiger partial charge in [0.1, 0.15) is 11.6 Å². The number of likely N-dealkylation sites (N-methyl/N-ethyl adjacent to an activating group) is 1. The summed E-state index contributed by atoms with van der Waals surface area (Å²) in [6.07, 6.45) is 1.31. The quantitative estimate of drug-likeness (QED) is 0.564. The smallest absolute Gasteiger partial charge is 0.324 e. The number of hydrogen-bond acceptors (Lipinski definition) is 4. The van der Waals surface area contributed by atoms with E-state index < -0.39 is 35.0 Å². The van der Waals surface area contributed by atoms with Crippen LogP contribution in [0.4, 0.5) is 13.6 Å². The minimum atomic E-state index is -1.37. The molecule has 0 radical (unpaired) electrons. The molecule has 1 N–H and O–H groups in total. The number of fused-ring (bicyclic) bond motifs is 2. The van der Waals surface area contributed by atoms with E-state index in [2.05, 4.69) is 22.1 Å². The first-order chi connectivity index (χ1) is 16.4. The molecule has 3 aromatic rings. The van der Waals surface area contributed by atoms with Crippen molar-refractivity contribution in [3.8, 4) is 17.7 Å². The van der Waals surface area contributed by atoms with Gasteiger partial charge in [0.25, 0.3) is 0 Å². The molecule has 1 fully saturated rings. The van der Waals surface area contributed by atoms with Crippen molar-refractivity contribution >= 4 is 11.9 Å². The van der Waals surface area contributed by atoms with E-state index in [1.807, 2.05) is 18.2 Å². The van der Waals surface area contributed by atoms with Gasteiger partial charge in [-0.05, 0) is 36.4 Å². The van der Waals surface area contributed by atoms with Crippen LogP contribution in [0, 0.1) is 23.5 Å². The second-order valence-corrected chi connectivity index (χ2v) is 8.20. The number of halogens is 2. The molecule has 8 heteroatoms. The maximum absolute atomic E-state index is 15.5. The van der Waals surface area contributed by atoms with Crippen LogP contribution in [0.25, 0.3) is 0 Å². The Kier molecular flexibility index (Phi) is 5.25. The zero-order chi connectivity index (χ0) is 23.9. The molecule has 6 nitrogen and oxygen atoms in total. The Balaban J connectivity index is 1.63. The third-order valence-electron chi connectivity index (χ3n) is 6.33. The van der Waals surface area contributed by atoms with Crippen LogP contribution < -0.4 is 10.1 Å². The summed E-state index contributed by atoms with van der Waals surface area (Å²) in [6.45, 7) is -0.169. The Morgan fingerprint density at radius 3 is 2.50 bits per heavy atom. The van der Waals surface area contributed by atoms with Gasteiger partial charge in [0, 0.05) is 35.5 Å². The highest BCUT2D eigenvalue weighted by Gasteiger charge is 2.56. The Hall–Kier alpha value is -4.25. The number of urea groups is 1. The van der Waals surface area contributed by atoms with Crippen molar-refractivity contribution in [3.63, 3.8) is 0 Å². The van der Waals surface area contributed by atoms with Gasteiger partial charge in [-0.15, -0.1) is 0 Å². The van der Waals surface area contributed by atoms with Gasteiger partial charge in [-0.25, -0.2) is 18.6 Å². The lowest BCUT2D eigenvalue weighted by Crippen LogP contribution is -2.63. The van der Waals surface area contributed by atoms with Gasteiger partial charge in [0.15, 0.2) is 0 Å². The fourth-order valence-corrected chi connectivity index (χ4v) is 4.73. The maximum atomic E-state index is 15.5. The molecular weight excluding hydrogens is 440 g/mol. The van der Waals surface area contributed by atoms with Crippen molar-refractivity contribution in [2.75, 3.05) is 13.7 Å². The van der Waals surface area contributed by atoms with Crippen LogP contribution in [0.15, 0.2) is 60.8 Å². The normalized spacial score (nSPS) is 21.3. The van der Waals surface area contributed by atoms with Crippen LogP contribution in [0.3, 0.4) is 0 Å². The van der Waals surface area contributed by atoms with Crippen LogP contribution >= 0.6 is 0 Å². The van der Waals surface area contributed by atoms with Crippen LogP contribution in [-0.4, -0.2) is 35.5 Å². The van der Waals surface area contributed by atoms with Gasteiger partial charge in [0.05, 0.1) is 24.5 Å². The van der Waals surface area contributed by atoms with Crippen molar-refractivity contribution in [2.24, 2.45) is 0 Å². The van der Waals surface area contributed by atoms with Gasteiger partial charge in [-0.1, -0.05) is 30.0 Å². The fraction of sp³-hybridized carbons (Fsp3) is 0.192. The number of nitrogens with zero attached hydrogens (tertiary/aromatic N) is 2. The number of nitrogens with one attached hydrogen (secondary N) is 1.